The highest BCUT2D eigenvalue weighted by Gasteiger charge is 2.36. The van der Waals surface area contributed by atoms with Gasteiger partial charge in [0.25, 0.3) is 0 Å². The number of hydrogen-bond acceptors (Lipinski definition) is 6. The van der Waals surface area contributed by atoms with Crippen LogP contribution >= 0.6 is 0 Å². The van der Waals surface area contributed by atoms with Gasteiger partial charge in [-0.3, -0.25) is 0 Å². The number of alkyl halides is 1. The number of nitrogens with one attached hydrogen (secondary N) is 1. The van der Waals surface area contributed by atoms with E-state index in [4.69, 9.17) is 0 Å². The Kier molecular flexibility index (Phi) is 5.43. The summed E-state index contributed by atoms with van der Waals surface area (Å²) in [6, 6.07) is 2.04. The molecule has 0 aromatic carbocycles. The quantitative estimate of drug-likeness (QED) is 0.837. The molecule has 7 heteroatoms. The number of rotatable bonds is 6. The highest BCUT2D eigenvalue weighted by molar-refractivity contribution is 5.45. The van der Waals surface area contributed by atoms with Crippen LogP contribution in [0, 0.1) is 5.41 Å². The van der Waals surface area contributed by atoms with Crippen molar-refractivity contribution in [3.05, 3.63) is 12.3 Å². The molecule has 3 heterocycles. The molecule has 3 rings (SSSR count). The largest absolute Gasteiger partial charge is 0.349 e. The number of aromatic nitrogens is 2. The van der Waals surface area contributed by atoms with E-state index < -0.39 is 6.17 Å². The van der Waals surface area contributed by atoms with Gasteiger partial charge < -0.3 is 20.0 Å². The monoisotopic (exact) mass is 350 g/mol. The number of nitrogens with zero attached hydrogens (tertiary/aromatic N) is 5. The molecule has 2 aliphatic heterocycles. The van der Waals surface area contributed by atoms with Gasteiger partial charge >= 0.3 is 0 Å². The molecule has 0 saturated carbocycles. The van der Waals surface area contributed by atoms with E-state index >= 15 is 0 Å². The molecular formula is C18H31FN6. The number of likely N-dealkylation sites (N-methyl/N-ethyl adjacent to an activating group) is 1. The highest BCUT2D eigenvalue weighted by Crippen LogP contribution is 2.29. The molecule has 0 aliphatic carbocycles. The van der Waals surface area contributed by atoms with Crippen molar-refractivity contribution in [1.29, 1.82) is 0 Å². The van der Waals surface area contributed by atoms with E-state index in [9.17, 15) is 4.39 Å². The first-order valence-corrected chi connectivity index (χ1v) is 9.17. The molecule has 1 N–H and O–H groups in total. The fraction of sp³-hybridized carbons (Fsp3) is 0.778. The molecule has 2 aliphatic rings. The zero-order valence-electron chi connectivity index (χ0n) is 15.9. The van der Waals surface area contributed by atoms with E-state index in [1.54, 1.807) is 6.20 Å². The van der Waals surface area contributed by atoms with E-state index in [2.05, 4.69) is 39.1 Å². The Morgan fingerprint density at radius 3 is 2.88 bits per heavy atom. The molecular weight excluding hydrogens is 319 g/mol. The van der Waals surface area contributed by atoms with Crippen LogP contribution in [0.5, 0.6) is 0 Å². The van der Waals surface area contributed by atoms with Crippen LogP contribution in [-0.2, 0) is 0 Å². The van der Waals surface area contributed by atoms with E-state index in [0.29, 0.717) is 24.3 Å². The third-order valence-corrected chi connectivity index (χ3v) is 5.32. The van der Waals surface area contributed by atoms with Crippen LogP contribution < -0.4 is 15.1 Å². The van der Waals surface area contributed by atoms with Crippen LogP contribution in [0.4, 0.5) is 16.2 Å². The molecule has 140 valence electrons. The second-order valence-electron chi connectivity index (χ2n) is 8.18. The van der Waals surface area contributed by atoms with Crippen molar-refractivity contribution < 1.29 is 4.39 Å². The molecule has 1 aromatic heterocycles. The number of anilines is 2. The van der Waals surface area contributed by atoms with Crippen LogP contribution in [-0.4, -0.2) is 80.9 Å². The average molecular weight is 350 g/mol. The first-order valence-electron chi connectivity index (χ1n) is 9.17. The summed E-state index contributed by atoms with van der Waals surface area (Å²) < 4.78 is 14.2. The predicted octanol–water partition coefficient (Wildman–Crippen LogP) is 1.39. The molecule has 0 radical (unpaired) electrons. The van der Waals surface area contributed by atoms with Crippen molar-refractivity contribution in [2.75, 3.05) is 63.7 Å². The fourth-order valence-corrected chi connectivity index (χ4v) is 4.11. The zero-order valence-corrected chi connectivity index (χ0v) is 15.9. The minimum Gasteiger partial charge on any atom is -0.349 e. The fourth-order valence-electron chi connectivity index (χ4n) is 4.11. The Labute approximate surface area is 150 Å². The van der Waals surface area contributed by atoms with Gasteiger partial charge in [0, 0.05) is 52.4 Å². The van der Waals surface area contributed by atoms with E-state index in [-0.39, 0.29) is 6.04 Å². The maximum atomic E-state index is 14.2. The molecule has 2 fully saturated rings. The standard InChI is InChI=1S/C18H31FN6/c1-18(6-8-20-12-18)13-24(4)11-15-9-14(19)10-25(15)16-5-7-21-17(22-16)23(2)3/h5,7,14-15,20H,6,8-13H2,1-4H3/t14-,15-,18?/m0/s1. The Bertz CT molecular complexity index is 574. The van der Waals surface area contributed by atoms with Crippen molar-refractivity contribution in [2.45, 2.75) is 32.0 Å². The minimum absolute atomic E-state index is 0.155. The Hall–Kier alpha value is -1.47. The van der Waals surface area contributed by atoms with E-state index in [1.807, 2.05) is 25.1 Å². The second kappa shape index (κ2) is 7.41. The number of hydrogen-bond donors (Lipinski definition) is 1. The third-order valence-electron chi connectivity index (χ3n) is 5.32. The summed E-state index contributed by atoms with van der Waals surface area (Å²) in [5.41, 5.74) is 0.320. The lowest BCUT2D eigenvalue weighted by Gasteiger charge is -2.33. The Morgan fingerprint density at radius 2 is 2.20 bits per heavy atom. The summed E-state index contributed by atoms with van der Waals surface area (Å²) in [4.78, 5) is 15.2. The maximum Gasteiger partial charge on any atom is 0.226 e. The summed E-state index contributed by atoms with van der Waals surface area (Å²) in [5.74, 6) is 1.49. The van der Waals surface area contributed by atoms with Crippen LogP contribution in [0.1, 0.15) is 19.8 Å². The molecule has 1 unspecified atom stereocenters. The van der Waals surface area contributed by atoms with Gasteiger partial charge in [-0.1, -0.05) is 6.92 Å². The van der Waals surface area contributed by atoms with Gasteiger partial charge in [0.05, 0.1) is 6.54 Å². The SMILES string of the molecule is CN(C[C@@H]1C[C@H](F)CN1c1ccnc(N(C)C)n1)CC1(C)CCNC1. The molecule has 3 atom stereocenters. The van der Waals surface area contributed by atoms with Crippen LogP contribution in [0.15, 0.2) is 12.3 Å². The van der Waals surface area contributed by atoms with E-state index in [1.165, 1.54) is 6.42 Å². The predicted molar refractivity (Wildman–Crippen MR) is 100 cm³/mol. The van der Waals surface area contributed by atoms with Crippen molar-refractivity contribution >= 4 is 11.8 Å². The van der Waals surface area contributed by atoms with Crippen LogP contribution in [0.3, 0.4) is 0 Å². The van der Waals surface area contributed by atoms with Crippen LogP contribution in [0.25, 0.3) is 0 Å². The summed E-state index contributed by atoms with van der Waals surface area (Å²) in [5, 5.41) is 3.45. The van der Waals surface area contributed by atoms with Gasteiger partial charge in [-0.15, -0.1) is 0 Å². The van der Waals surface area contributed by atoms with Gasteiger partial charge in [-0.05, 0) is 31.5 Å². The smallest absolute Gasteiger partial charge is 0.226 e. The second-order valence-corrected chi connectivity index (χ2v) is 8.18. The molecule has 0 spiro atoms. The van der Waals surface area contributed by atoms with Gasteiger partial charge in [-0.2, -0.15) is 4.98 Å². The summed E-state index contributed by atoms with van der Waals surface area (Å²) in [7, 11) is 5.99. The first-order chi connectivity index (χ1) is 11.9. The van der Waals surface area contributed by atoms with Crippen LogP contribution in [0.2, 0.25) is 0 Å². The number of halogens is 1. The van der Waals surface area contributed by atoms with Gasteiger partial charge in [0.2, 0.25) is 5.95 Å². The van der Waals surface area contributed by atoms with Gasteiger partial charge in [0.1, 0.15) is 12.0 Å². The molecule has 1 aromatic rings. The Balaban J connectivity index is 1.68. The minimum atomic E-state index is -0.792. The van der Waals surface area contributed by atoms with E-state index in [0.717, 1.165) is 32.0 Å². The van der Waals surface area contributed by atoms with Crippen molar-refractivity contribution in [2.24, 2.45) is 5.41 Å². The normalized spacial score (nSPS) is 29.6. The van der Waals surface area contributed by atoms with Crippen molar-refractivity contribution in [1.82, 2.24) is 20.2 Å². The van der Waals surface area contributed by atoms with Gasteiger partial charge in [0.15, 0.2) is 0 Å². The summed E-state index contributed by atoms with van der Waals surface area (Å²) >= 11 is 0. The Morgan fingerprint density at radius 1 is 1.40 bits per heavy atom. The molecule has 0 amide bonds. The lowest BCUT2D eigenvalue weighted by Crippen LogP contribution is -2.43. The third kappa shape index (κ3) is 4.39. The van der Waals surface area contributed by atoms with Crippen molar-refractivity contribution in [3.63, 3.8) is 0 Å². The first kappa shape index (κ1) is 18.3. The van der Waals surface area contributed by atoms with Gasteiger partial charge in [-0.25, -0.2) is 9.37 Å². The molecule has 0 bridgehead atoms. The maximum absolute atomic E-state index is 14.2. The summed E-state index contributed by atoms with van der Waals surface area (Å²) in [6.07, 6.45) is 2.74. The zero-order chi connectivity index (χ0) is 18.0. The molecule has 2 saturated heterocycles. The lowest BCUT2D eigenvalue weighted by molar-refractivity contribution is 0.198. The average Bonchev–Trinajstić information content (AvgIpc) is 3.13. The van der Waals surface area contributed by atoms with Crippen molar-refractivity contribution in [3.8, 4) is 0 Å². The highest BCUT2D eigenvalue weighted by atomic mass is 19.1. The summed E-state index contributed by atoms with van der Waals surface area (Å²) in [6.45, 7) is 6.81. The molecule has 6 nitrogen and oxygen atoms in total. The molecule has 25 heavy (non-hydrogen) atoms. The topological polar surface area (TPSA) is 47.5 Å². The lowest BCUT2D eigenvalue weighted by atomic mass is 9.89.